The number of rotatable bonds is 7. The summed E-state index contributed by atoms with van der Waals surface area (Å²) < 4.78 is 5.20. The van der Waals surface area contributed by atoms with E-state index in [1.807, 2.05) is 30.3 Å². The van der Waals surface area contributed by atoms with Crippen LogP contribution in [0.4, 0.5) is 9.59 Å². The highest BCUT2D eigenvalue weighted by atomic mass is 16.7. The first kappa shape index (κ1) is 26.3. The van der Waals surface area contributed by atoms with Crippen LogP contribution in [0.3, 0.4) is 0 Å². The molecule has 0 radical (unpaired) electrons. The Hall–Kier alpha value is -3.34. The van der Waals surface area contributed by atoms with Gasteiger partial charge in [-0.15, -0.1) is 0 Å². The second-order valence-electron chi connectivity index (χ2n) is 9.97. The lowest BCUT2D eigenvalue weighted by Gasteiger charge is -2.29. The van der Waals surface area contributed by atoms with Gasteiger partial charge in [0.05, 0.1) is 12.0 Å². The third-order valence-corrected chi connectivity index (χ3v) is 6.06. The van der Waals surface area contributed by atoms with Crippen molar-refractivity contribution in [1.82, 2.24) is 26.1 Å². The highest BCUT2D eigenvalue weighted by molar-refractivity contribution is 5.90. The van der Waals surface area contributed by atoms with E-state index in [1.54, 1.807) is 34.6 Å². The van der Waals surface area contributed by atoms with Crippen LogP contribution < -0.4 is 16.2 Å². The van der Waals surface area contributed by atoms with Crippen molar-refractivity contribution in [2.45, 2.75) is 77.8 Å². The Morgan fingerprint density at radius 2 is 1.77 bits per heavy atom. The van der Waals surface area contributed by atoms with Crippen molar-refractivity contribution in [2.75, 3.05) is 6.54 Å². The minimum Gasteiger partial charge on any atom is -0.444 e. The van der Waals surface area contributed by atoms with Crippen molar-refractivity contribution in [3.63, 3.8) is 0 Å². The molecule has 1 aromatic carbocycles. The Labute approximate surface area is 205 Å². The normalized spacial score (nSPS) is 21.2. The lowest BCUT2D eigenvalue weighted by molar-refractivity contribution is -0.140. The molecule has 1 aromatic rings. The number of carbonyl (C=O) groups excluding carboxylic acids is 4. The van der Waals surface area contributed by atoms with Crippen molar-refractivity contribution < 1.29 is 28.8 Å². The fourth-order valence-corrected chi connectivity index (χ4v) is 3.95. The molecule has 3 rings (SSSR count). The number of urea groups is 1. The van der Waals surface area contributed by atoms with Gasteiger partial charge in [-0.3, -0.25) is 25.3 Å². The maximum Gasteiger partial charge on any atom is 0.407 e. The van der Waals surface area contributed by atoms with Crippen molar-refractivity contribution in [3.8, 4) is 0 Å². The van der Waals surface area contributed by atoms with Gasteiger partial charge >= 0.3 is 12.1 Å². The van der Waals surface area contributed by atoms with E-state index in [1.165, 1.54) is 9.96 Å². The first-order valence-corrected chi connectivity index (χ1v) is 11.8. The smallest absolute Gasteiger partial charge is 0.407 e. The van der Waals surface area contributed by atoms with Gasteiger partial charge in [-0.2, -0.15) is 5.06 Å². The fourth-order valence-electron chi connectivity index (χ4n) is 3.95. The predicted molar refractivity (Wildman–Crippen MR) is 126 cm³/mol. The van der Waals surface area contributed by atoms with Crippen LogP contribution >= 0.6 is 0 Å². The zero-order valence-electron chi connectivity index (χ0n) is 20.9. The Bertz CT molecular complexity index is 934. The van der Waals surface area contributed by atoms with Crippen LogP contribution in [0, 0.1) is 5.92 Å². The zero-order valence-corrected chi connectivity index (χ0v) is 20.9. The number of alkyl carbamates (subject to hydrolysis) is 1. The van der Waals surface area contributed by atoms with Crippen LogP contribution in [0.1, 0.15) is 53.0 Å². The summed E-state index contributed by atoms with van der Waals surface area (Å²) in [6.45, 7) is 9.18. The molecular weight excluding hydrogens is 454 g/mol. The molecule has 4 atom stereocenters. The van der Waals surface area contributed by atoms with E-state index >= 15 is 0 Å². The molecule has 4 unspecified atom stereocenters. The second kappa shape index (κ2) is 10.9. The van der Waals surface area contributed by atoms with Crippen LogP contribution in [0.5, 0.6) is 0 Å². The Balaban J connectivity index is 1.47. The van der Waals surface area contributed by atoms with Gasteiger partial charge in [0, 0.05) is 12.6 Å². The third-order valence-electron chi connectivity index (χ3n) is 6.06. The first-order valence-electron chi connectivity index (χ1n) is 11.8. The SMILES string of the molecule is CC(NC(=O)OC(C)(C)C)C(C)C(=O)NNC(=O)C1CCC2CN1C(=O)N2OCc1ccccc1. The molecule has 0 spiro atoms. The quantitative estimate of drug-likeness (QED) is 0.503. The molecular formula is C24H35N5O6. The number of hydrogen-bond donors (Lipinski definition) is 3. The third kappa shape index (κ3) is 6.84. The van der Waals surface area contributed by atoms with Crippen LogP contribution in [0.2, 0.25) is 0 Å². The number of nitrogens with one attached hydrogen (secondary N) is 3. The lowest BCUT2D eigenvalue weighted by atomic mass is 10.0. The number of piperidine rings is 1. The Kier molecular flexibility index (Phi) is 8.21. The second-order valence-corrected chi connectivity index (χ2v) is 9.97. The highest BCUT2D eigenvalue weighted by Crippen LogP contribution is 2.30. The fraction of sp³-hybridized carbons (Fsp3) is 0.583. The predicted octanol–water partition coefficient (Wildman–Crippen LogP) is 2.08. The monoisotopic (exact) mass is 489 g/mol. The van der Waals surface area contributed by atoms with Crippen LogP contribution in [0.15, 0.2) is 30.3 Å². The largest absolute Gasteiger partial charge is 0.444 e. The van der Waals surface area contributed by atoms with Gasteiger partial charge in [-0.25, -0.2) is 9.59 Å². The summed E-state index contributed by atoms with van der Waals surface area (Å²) in [6, 6.07) is 7.80. The topological polar surface area (TPSA) is 129 Å². The number of fused-ring (bicyclic) bond motifs is 2. The maximum absolute atomic E-state index is 12.9. The summed E-state index contributed by atoms with van der Waals surface area (Å²) in [5, 5.41) is 3.97. The molecule has 2 fully saturated rings. The summed E-state index contributed by atoms with van der Waals surface area (Å²) in [5.41, 5.74) is 5.11. The van der Waals surface area contributed by atoms with E-state index in [2.05, 4.69) is 16.2 Å². The standard InChI is InChI=1S/C24H35N5O6/c1-15(16(2)25-22(32)35-24(3,4)5)20(30)26-27-21(31)19-12-11-18-13-28(19)23(33)29(18)34-14-17-9-7-6-8-10-17/h6-10,15-16,18-19H,11-14H2,1-5H3,(H,25,32)(H,26,30)(H,27,31). The Morgan fingerprint density at radius 1 is 1.09 bits per heavy atom. The molecule has 0 saturated carbocycles. The maximum atomic E-state index is 12.9. The van der Waals surface area contributed by atoms with Gasteiger partial charge in [-0.05, 0) is 46.1 Å². The molecule has 192 valence electrons. The van der Waals surface area contributed by atoms with E-state index in [0.29, 0.717) is 19.4 Å². The molecule has 0 aromatic heterocycles. The van der Waals surface area contributed by atoms with E-state index in [-0.39, 0.29) is 18.7 Å². The van der Waals surface area contributed by atoms with Crippen LogP contribution in [0.25, 0.3) is 0 Å². The average Bonchev–Trinajstić information content (AvgIpc) is 3.04. The molecule has 2 bridgehead atoms. The molecule has 2 aliphatic heterocycles. The molecule has 11 heteroatoms. The minimum atomic E-state index is -0.711. The summed E-state index contributed by atoms with van der Waals surface area (Å²) in [5.74, 6) is -1.60. The van der Waals surface area contributed by atoms with E-state index < -0.39 is 41.5 Å². The number of hydroxylamine groups is 2. The molecule has 3 N–H and O–H groups in total. The highest BCUT2D eigenvalue weighted by Gasteiger charge is 2.48. The van der Waals surface area contributed by atoms with Crippen LogP contribution in [-0.4, -0.2) is 64.2 Å². The zero-order chi connectivity index (χ0) is 25.8. The van der Waals surface area contributed by atoms with E-state index in [0.717, 1.165) is 5.56 Å². The summed E-state index contributed by atoms with van der Waals surface area (Å²) in [6.07, 6.45) is 0.434. The number of hydrogen-bond acceptors (Lipinski definition) is 6. The van der Waals surface area contributed by atoms with Gasteiger partial charge < -0.3 is 15.0 Å². The molecule has 0 aliphatic carbocycles. The molecule has 35 heavy (non-hydrogen) atoms. The van der Waals surface area contributed by atoms with Crippen molar-refractivity contribution >= 4 is 23.9 Å². The summed E-state index contributed by atoms with van der Waals surface area (Å²) >= 11 is 0. The molecule has 11 nitrogen and oxygen atoms in total. The number of nitrogens with zero attached hydrogens (tertiary/aromatic N) is 2. The number of amides is 5. The van der Waals surface area contributed by atoms with Crippen LogP contribution in [-0.2, 0) is 25.8 Å². The lowest BCUT2D eigenvalue weighted by Crippen LogP contribution is -2.56. The van der Waals surface area contributed by atoms with Gasteiger partial charge in [0.2, 0.25) is 5.91 Å². The molecule has 2 saturated heterocycles. The minimum absolute atomic E-state index is 0.121. The van der Waals surface area contributed by atoms with Gasteiger partial charge in [0.25, 0.3) is 5.91 Å². The number of carbonyl (C=O) groups is 4. The van der Waals surface area contributed by atoms with Gasteiger partial charge in [0.1, 0.15) is 18.2 Å². The van der Waals surface area contributed by atoms with E-state index in [4.69, 9.17) is 9.57 Å². The number of benzene rings is 1. The average molecular weight is 490 g/mol. The van der Waals surface area contributed by atoms with Crippen molar-refractivity contribution in [3.05, 3.63) is 35.9 Å². The van der Waals surface area contributed by atoms with Crippen molar-refractivity contribution in [2.24, 2.45) is 5.92 Å². The molecule has 2 aliphatic rings. The number of hydrazine groups is 1. The van der Waals surface area contributed by atoms with E-state index in [9.17, 15) is 19.2 Å². The Morgan fingerprint density at radius 3 is 2.43 bits per heavy atom. The summed E-state index contributed by atoms with van der Waals surface area (Å²) in [7, 11) is 0. The van der Waals surface area contributed by atoms with Gasteiger partial charge in [0.15, 0.2) is 0 Å². The summed E-state index contributed by atoms with van der Waals surface area (Å²) in [4.78, 5) is 57.3. The number of ether oxygens (including phenoxy) is 1. The molecule has 2 heterocycles. The van der Waals surface area contributed by atoms with Crippen molar-refractivity contribution in [1.29, 1.82) is 0 Å². The molecule has 5 amide bonds. The first-order chi connectivity index (χ1) is 16.5. The van der Waals surface area contributed by atoms with Gasteiger partial charge in [-0.1, -0.05) is 37.3 Å².